The van der Waals surface area contributed by atoms with Gasteiger partial charge in [-0.05, 0) is 41.4 Å². The van der Waals surface area contributed by atoms with Crippen molar-refractivity contribution < 1.29 is 4.79 Å². The molecule has 0 bridgehead atoms. The molecule has 2 aromatic carbocycles. The molecule has 0 unspecified atom stereocenters. The van der Waals surface area contributed by atoms with E-state index in [1.807, 2.05) is 24.3 Å². The first kappa shape index (κ1) is 21.4. The van der Waals surface area contributed by atoms with Gasteiger partial charge >= 0.3 is 0 Å². The Balaban J connectivity index is 1.06. The van der Waals surface area contributed by atoms with Crippen LogP contribution >= 0.6 is 23.1 Å². The van der Waals surface area contributed by atoms with Crippen molar-refractivity contribution in [2.24, 2.45) is 11.8 Å². The molecular weight excluding hydrogens is 440 g/mol. The molecule has 1 aliphatic heterocycles. The van der Waals surface area contributed by atoms with Gasteiger partial charge in [-0.3, -0.25) is 9.69 Å². The molecule has 1 saturated carbocycles. The molecule has 166 valence electrons. The number of rotatable bonds is 7. The van der Waals surface area contributed by atoms with Crippen LogP contribution in [0.15, 0.2) is 60.7 Å². The summed E-state index contributed by atoms with van der Waals surface area (Å²) in [6.45, 7) is 10.0. The lowest BCUT2D eigenvalue weighted by molar-refractivity contribution is -0.120. The van der Waals surface area contributed by atoms with Gasteiger partial charge in [0, 0.05) is 61.5 Å². The van der Waals surface area contributed by atoms with Crippen LogP contribution in [0.1, 0.15) is 5.56 Å². The fraction of sp³-hybridized carbons (Fsp3) is 0.360. The molecule has 3 aromatic rings. The van der Waals surface area contributed by atoms with Gasteiger partial charge in [-0.1, -0.05) is 48.0 Å². The molecule has 0 radical (unpaired) electrons. The van der Waals surface area contributed by atoms with Crippen molar-refractivity contribution in [2.75, 3.05) is 44.2 Å². The molecule has 32 heavy (non-hydrogen) atoms. The van der Waals surface area contributed by atoms with Crippen molar-refractivity contribution in [1.82, 2.24) is 14.6 Å². The lowest BCUT2D eigenvalue weighted by atomic mass is 10.1. The predicted molar refractivity (Wildman–Crippen MR) is 133 cm³/mol. The number of nitrogens with zero attached hydrogens (tertiary/aromatic N) is 3. The van der Waals surface area contributed by atoms with Crippen LogP contribution in [0.5, 0.6) is 0 Å². The molecule has 2 fully saturated rings. The van der Waals surface area contributed by atoms with E-state index in [-0.39, 0.29) is 5.91 Å². The normalized spacial score (nSPS) is 21.2. The van der Waals surface area contributed by atoms with Crippen LogP contribution in [0, 0.1) is 11.8 Å². The number of hydrogen-bond acceptors (Lipinski definition) is 5. The van der Waals surface area contributed by atoms with Gasteiger partial charge < -0.3 is 10.2 Å². The number of halogens is 1. The first-order valence-electron chi connectivity index (χ1n) is 11.1. The fourth-order valence-electron chi connectivity index (χ4n) is 4.56. The third kappa shape index (κ3) is 4.68. The largest absolute Gasteiger partial charge is 0.355 e. The maximum Gasteiger partial charge on any atom is 0.224 e. The van der Waals surface area contributed by atoms with E-state index in [0.717, 1.165) is 44.1 Å². The van der Waals surface area contributed by atoms with Crippen LogP contribution in [0.25, 0.3) is 10.1 Å². The number of piperazine rings is 1. The monoisotopic (exact) mass is 466 g/mol. The van der Waals surface area contributed by atoms with Gasteiger partial charge in [-0.15, -0.1) is 0 Å². The molecule has 7 heteroatoms. The minimum atomic E-state index is 0.0508. The summed E-state index contributed by atoms with van der Waals surface area (Å²) in [4.78, 5) is 17.2. The minimum absolute atomic E-state index is 0.0508. The summed E-state index contributed by atoms with van der Waals surface area (Å²) < 4.78 is 5.95. The van der Waals surface area contributed by atoms with Gasteiger partial charge in [-0.25, -0.2) is 0 Å². The second-order valence-corrected chi connectivity index (χ2v) is 9.93. The lowest BCUT2D eigenvalue weighted by Gasteiger charge is -2.35. The number of carbonyl (C=O) groups excluding carboxylic acids is 1. The highest BCUT2D eigenvalue weighted by atomic mass is 35.5. The van der Waals surface area contributed by atoms with Gasteiger partial charge in [0.2, 0.25) is 5.91 Å². The number of nitrogens with one attached hydrogen (secondary N) is 1. The summed E-state index contributed by atoms with van der Waals surface area (Å²) in [5.74, 6) is 2.06. The molecule has 2 atom stereocenters. The molecular formula is C25H27ClN4OS. The molecule has 1 N–H and O–H groups in total. The van der Waals surface area contributed by atoms with Crippen molar-refractivity contribution in [3.8, 4) is 0 Å². The first-order chi connectivity index (χ1) is 15.6. The van der Waals surface area contributed by atoms with Gasteiger partial charge in [0.15, 0.2) is 0 Å². The van der Waals surface area contributed by atoms with Crippen molar-refractivity contribution in [2.45, 2.75) is 6.42 Å². The Kier molecular flexibility index (Phi) is 6.17. The summed E-state index contributed by atoms with van der Waals surface area (Å²) >= 11 is 7.49. The predicted octanol–water partition coefficient (Wildman–Crippen LogP) is 4.23. The zero-order valence-electron chi connectivity index (χ0n) is 18.0. The van der Waals surface area contributed by atoms with Crippen LogP contribution in [0.2, 0.25) is 5.02 Å². The smallest absolute Gasteiger partial charge is 0.224 e. The Morgan fingerprint density at radius 3 is 2.62 bits per heavy atom. The summed E-state index contributed by atoms with van der Waals surface area (Å²) in [6.07, 6.45) is 0.383. The van der Waals surface area contributed by atoms with Crippen LogP contribution in [-0.2, 0) is 11.2 Å². The Morgan fingerprint density at radius 2 is 1.84 bits per heavy atom. The quantitative estimate of drug-likeness (QED) is 0.529. The highest BCUT2D eigenvalue weighted by molar-refractivity contribution is 7.13. The van der Waals surface area contributed by atoms with Crippen molar-refractivity contribution >= 4 is 44.9 Å². The number of fused-ring (bicyclic) bond motifs is 1. The van der Waals surface area contributed by atoms with Gasteiger partial charge in [-0.2, -0.15) is 4.37 Å². The molecule has 5 nitrogen and oxygen atoms in total. The second-order valence-electron chi connectivity index (χ2n) is 8.69. The van der Waals surface area contributed by atoms with Gasteiger partial charge in [0.25, 0.3) is 0 Å². The van der Waals surface area contributed by atoms with Crippen molar-refractivity contribution in [3.05, 3.63) is 71.3 Å². The minimum Gasteiger partial charge on any atom is -0.355 e. The maximum absolute atomic E-state index is 12.3. The molecule has 1 aliphatic carbocycles. The third-order valence-corrected chi connectivity index (χ3v) is 7.68. The number of anilines is 1. The molecule has 1 aromatic heterocycles. The zero-order chi connectivity index (χ0) is 22.1. The molecule has 1 amide bonds. The Morgan fingerprint density at radius 1 is 1.09 bits per heavy atom. The third-order valence-electron chi connectivity index (χ3n) is 6.61. The van der Waals surface area contributed by atoms with E-state index in [4.69, 9.17) is 16.0 Å². The lowest BCUT2D eigenvalue weighted by Crippen LogP contribution is -2.47. The highest BCUT2D eigenvalue weighted by Gasteiger charge is 2.43. The second kappa shape index (κ2) is 9.22. The molecule has 5 rings (SSSR count). The molecule has 2 heterocycles. The SMILES string of the molecule is C=C1[C@H](CNC(=O)Cc2ccc(Cl)cc2)[C@H]1CN1CCN(c2nsc3ccccc23)CC1. The average molecular weight is 467 g/mol. The number of aromatic nitrogens is 1. The number of carbonyl (C=O) groups is 1. The summed E-state index contributed by atoms with van der Waals surface area (Å²) in [5.41, 5.74) is 2.24. The van der Waals surface area contributed by atoms with E-state index >= 15 is 0 Å². The Hall–Kier alpha value is -2.41. The van der Waals surface area contributed by atoms with Crippen LogP contribution in [0.4, 0.5) is 5.82 Å². The molecule has 2 aliphatic rings. The van der Waals surface area contributed by atoms with Crippen LogP contribution in [-0.4, -0.2) is 54.4 Å². The van der Waals surface area contributed by atoms with Gasteiger partial charge in [0.1, 0.15) is 5.82 Å². The maximum atomic E-state index is 12.3. The standard InChI is InChI=1S/C25H27ClN4OS/c1-17-21(15-27-24(31)14-18-6-8-19(26)9-7-18)22(17)16-29-10-12-30(13-11-29)25-20-4-2-3-5-23(20)32-28-25/h2-9,21-22H,1,10-16H2,(H,27,31)/t21-,22-/m0/s1. The Labute approximate surface area is 197 Å². The van der Waals surface area contributed by atoms with E-state index in [0.29, 0.717) is 29.8 Å². The first-order valence-corrected chi connectivity index (χ1v) is 12.2. The van der Waals surface area contributed by atoms with Crippen molar-refractivity contribution in [1.29, 1.82) is 0 Å². The molecule has 0 spiro atoms. The zero-order valence-corrected chi connectivity index (χ0v) is 19.5. The summed E-state index contributed by atoms with van der Waals surface area (Å²) in [5, 5.41) is 5.03. The van der Waals surface area contributed by atoms with E-state index < -0.39 is 0 Å². The average Bonchev–Trinajstić information content (AvgIpc) is 3.20. The van der Waals surface area contributed by atoms with E-state index in [2.05, 4.69) is 46.0 Å². The fourth-order valence-corrected chi connectivity index (χ4v) is 5.48. The van der Waals surface area contributed by atoms with E-state index in [1.165, 1.54) is 15.7 Å². The highest BCUT2D eigenvalue weighted by Crippen LogP contribution is 2.44. The van der Waals surface area contributed by atoms with Crippen LogP contribution in [0.3, 0.4) is 0 Å². The number of benzene rings is 2. The van der Waals surface area contributed by atoms with Gasteiger partial charge in [0.05, 0.1) is 11.1 Å². The number of hydrogen-bond donors (Lipinski definition) is 1. The van der Waals surface area contributed by atoms with Crippen LogP contribution < -0.4 is 10.2 Å². The Bertz CT molecular complexity index is 1120. The van der Waals surface area contributed by atoms with E-state index in [9.17, 15) is 4.79 Å². The summed E-state index contributed by atoms with van der Waals surface area (Å²) in [6, 6.07) is 15.9. The summed E-state index contributed by atoms with van der Waals surface area (Å²) in [7, 11) is 0. The molecule has 1 saturated heterocycles. The van der Waals surface area contributed by atoms with Crippen molar-refractivity contribution in [3.63, 3.8) is 0 Å². The topological polar surface area (TPSA) is 48.5 Å². The van der Waals surface area contributed by atoms with E-state index in [1.54, 1.807) is 11.5 Å². The number of amides is 1.